The molecule has 1 aliphatic heterocycles. The highest BCUT2D eigenvalue weighted by molar-refractivity contribution is 5.94. The molecular formula is C21H20F3N5O. The van der Waals surface area contributed by atoms with Crippen molar-refractivity contribution >= 4 is 11.7 Å². The van der Waals surface area contributed by atoms with E-state index >= 15 is 0 Å². The smallest absolute Gasteiger partial charge is 0.354 e. The average molecular weight is 415 g/mol. The average Bonchev–Trinajstić information content (AvgIpc) is 3.35. The Balaban J connectivity index is 1.40. The molecule has 4 rings (SSSR count). The maximum atomic E-state index is 12.7. The standard InChI is InChI=1S/C21H20F3N5O/c1-28-18(11-17(27-28)14-5-3-2-4-6-14)20(30)26-16-9-10-29(13-16)19-8-7-15(12-25-19)21(22,23)24/h2-8,11-12,16H,9-10,13H2,1H3,(H,26,30). The molecule has 156 valence electrons. The van der Waals surface area contributed by atoms with Gasteiger partial charge in [-0.1, -0.05) is 30.3 Å². The van der Waals surface area contributed by atoms with Crippen LogP contribution in [-0.2, 0) is 13.2 Å². The van der Waals surface area contributed by atoms with Crippen LogP contribution in [0.15, 0.2) is 54.7 Å². The van der Waals surface area contributed by atoms with Crippen LogP contribution in [0.2, 0.25) is 0 Å². The summed E-state index contributed by atoms with van der Waals surface area (Å²) in [6.07, 6.45) is -2.89. The van der Waals surface area contributed by atoms with Gasteiger partial charge in [0.2, 0.25) is 0 Å². The van der Waals surface area contributed by atoms with Crippen molar-refractivity contribution in [2.45, 2.75) is 18.6 Å². The number of benzene rings is 1. The number of pyridine rings is 1. The first-order valence-corrected chi connectivity index (χ1v) is 9.50. The van der Waals surface area contributed by atoms with E-state index in [0.29, 0.717) is 36.7 Å². The molecule has 3 heterocycles. The normalized spacial score (nSPS) is 16.7. The van der Waals surface area contributed by atoms with E-state index < -0.39 is 11.7 Å². The fourth-order valence-corrected chi connectivity index (χ4v) is 3.52. The number of nitrogens with one attached hydrogen (secondary N) is 1. The van der Waals surface area contributed by atoms with Crippen molar-refractivity contribution in [3.63, 3.8) is 0 Å². The highest BCUT2D eigenvalue weighted by atomic mass is 19.4. The van der Waals surface area contributed by atoms with Crippen molar-refractivity contribution in [1.82, 2.24) is 20.1 Å². The van der Waals surface area contributed by atoms with Gasteiger partial charge in [-0.2, -0.15) is 18.3 Å². The molecule has 3 aromatic rings. The van der Waals surface area contributed by atoms with Crippen molar-refractivity contribution in [3.05, 3.63) is 66.0 Å². The van der Waals surface area contributed by atoms with E-state index in [1.165, 1.54) is 6.07 Å². The second-order valence-corrected chi connectivity index (χ2v) is 7.21. The molecule has 0 bridgehead atoms. The van der Waals surface area contributed by atoms with Crippen LogP contribution >= 0.6 is 0 Å². The third-order valence-corrected chi connectivity index (χ3v) is 5.10. The summed E-state index contributed by atoms with van der Waals surface area (Å²) < 4.78 is 39.6. The predicted molar refractivity (Wildman–Crippen MR) is 106 cm³/mol. The molecule has 0 radical (unpaired) electrons. The van der Waals surface area contributed by atoms with Crippen LogP contribution in [0.25, 0.3) is 11.3 Å². The summed E-state index contributed by atoms with van der Waals surface area (Å²) in [5.74, 6) is 0.228. The lowest BCUT2D eigenvalue weighted by atomic mass is 10.1. The molecule has 2 aromatic heterocycles. The number of nitrogens with zero attached hydrogens (tertiary/aromatic N) is 4. The Morgan fingerprint density at radius 3 is 2.60 bits per heavy atom. The largest absolute Gasteiger partial charge is 0.417 e. The summed E-state index contributed by atoms with van der Waals surface area (Å²) >= 11 is 0. The van der Waals surface area contributed by atoms with Gasteiger partial charge in [-0.15, -0.1) is 0 Å². The number of aryl methyl sites for hydroxylation is 1. The van der Waals surface area contributed by atoms with E-state index in [2.05, 4.69) is 15.4 Å². The lowest BCUT2D eigenvalue weighted by molar-refractivity contribution is -0.137. The molecular weight excluding hydrogens is 395 g/mol. The Labute approximate surface area is 171 Å². The molecule has 1 aliphatic rings. The Hall–Kier alpha value is -3.36. The van der Waals surface area contributed by atoms with Crippen molar-refractivity contribution in [3.8, 4) is 11.3 Å². The van der Waals surface area contributed by atoms with Crippen LogP contribution in [0, 0.1) is 0 Å². The zero-order valence-corrected chi connectivity index (χ0v) is 16.2. The number of hydrogen-bond donors (Lipinski definition) is 1. The number of carbonyl (C=O) groups is 1. The third kappa shape index (κ3) is 4.14. The fraction of sp³-hybridized carbons (Fsp3) is 0.286. The highest BCUT2D eigenvalue weighted by Crippen LogP contribution is 2.30. The van der Waals surface area contributed by atoms with Gasteiger partial charge in [0.15, 0.2) is 0 Å². The molecule has 1 aromatic carbocycles. The van der Waals surface area contributed by atoms with Crippen molar-refractivity contribution in [1.29, 1.82) is 0 Å². The van der Waals surface area contributed by atoms with E-state index in [9.17, 15) is 18.0 Å². The van der Waals surface area contributed by atoms with E-state index in [1.54, 1.807) is 17.8 Å². The zero-order valence-electron chi connectivity index (χ0n) is 16.2. The lowest BCUT2D eigenvalue weighted by Gasteiger charge is -2.18. The molecule has 0 saturated carbocycles. The minimum atomic E-state index is -4.41. The van der Waals surface area contributed by atoms with E-state index in [0.717, 1.165) is 17.8 Å². The molecule has 1 fully saturated rings. The fourth-order valence-electron chi connectivity index (χ4n) is 3.52. The Morgan fingerprint density at radius 2 is 1.93 bits per heavy atom. The van der Waals surface area contributed by atoms with Gasteiger partial charge in [0.25, 0.3) is 5.91 Å². The minimum absolute atomic E-state index is 0.128. The van der Waals surface area contributed by atoms with Crippen LogP contribution < -0.4 is 10.2 Å². The number of alkyl halides is 3. The van der Waals surface area contributed by atoms with Crippen LogP contribution in [0.3, 0.4) is 0 Å². The molecule has 1 amide bonds. The molecule has 9 heteroatoms. The number of hydrogen-bond acceptors (Lipinski definition) is 4. The summed E-state index contributed by atoms with van der Waals surface area (Å²) in [7, 11) is 1.72. The summed E-state index contributed by atoms with van der Waals surface area (Å²) in [4.78, 5) is 18.5. The molecule has 1 N–H and O–H groups in total. The first-order chi connectivity index (χ1) is 14.3. The van der Waals surface area contributed by atoms with Gasteiger partial charge in [0, 0.05) is 37.9 Å². The predicted octanol–water partition coefficient (Wildman–Crippen LogP) is 3.51. The summed E-state index contributed by atoms with van der Waals surface area (Å²) in [6, 6.07) is 13.6. The van der Waals surface area contributed by atoms with Gasteiger partial charge in [-0.05, 0) is 24.6 Å². The van der Waals surface area contributed by atoms with Gasteiger partial charge >= 0.3 is 6.18 Å². The van der Waals surface area contributed by atoms with Crippen LogP contribution in [0.5, 0.6) is 0 Å². The molecule has 6 nitrogen and oxygen atoms in total. The maximum absolute atomic E-state index is 12.7. The molecule has 1 unspecified atom stereocenters. The number of halogens is 3. The van der Waals surface area contributed by atoms with Crippen LogP contribution in [-0.4, -0.2) is 39.8 Å². The zero-order chi connectivity index (χ0) is 21.3. The first-order valence-electron chi connectivity index (χ1n) is 9.50. The quantitative estimate of drug-likeness (QED) is 0.709. The Kier molecular flexibility index (Phi) is 5.19. The van der Waals surface area contributed by atoms with Crippen molar-refractivity contribution in [2.75, 3.05) is 18.0 Å². The monoisotopic (exact) mass is 415 g/mol. The lowest BCUT2D eigenvalue weighted by Crippen LogP contribution is -2.38. The number of anilines is 1. The molecule has 0 aliphatic carbocycles. The number of rotatable bonds is 4. The molecule has 30 heavy (non-hydrogen) atoms. The van der Waals surface area contributed by atoms with Gasteiger partial charge in [0.05, 0.1) is 11.3 Å². The van der Waals surface area contributed by atoms with E-state index in [4.69, 9.17) is 0 Å². The van der Waals surface area contributed by atoms with Gasteiger partial charge in [-0.3, -0.25) is 9.48 Å². The minimum Gasteiger partial charge on any atom is -0.354 e. The Morgan fingerprint density at radius 1 is 1.17 bits per heavy atom. The van der Waals surface area contributed by atoms with Gasteiger partial charge < -0.3 is 10.2 Å². The molecule has 0 spiro atoms. The second-order valence-electron chi connectivity index (χ2n) is 7.21. The summed E-state index contributed by atoms with van der Waals surface area (Å²) in [6.45, 7) is 1.08. The number of amides is 1. The van der Waals surface area contributed by atoms with Crippen molar-refractivity contribution < 1.29 is 18.0 Å². The van der Waals surface area contributed by atoms with E-state index in [-0.39, 0.29) is 11.9 Å². The molecule has 1 atom stereocenters. The summed E-state index contributed by atoms with van der Waals surface area (Å²) in [5.41, 5.74) is 1.30. The summed E-state index contributed by atoms with van der Waals surface area (Å²) in [5, 5.41) is 7.40. The number of aromatic nitrogens is 3. The first kappa shape index (κ1) is 19.9. The van der Waals surface area contributed by atoms with Gasteiger partial charge in [-0.25, -0.2) is 4.98 Å². The van der Waals surface area contributed by atoms with Crippen molar-refractivity contribution in [2.24, 2.45) is 7.05 Å². The maximum Gasteiger partial charge on any atom is 0.417 e. The number of carbonyl (C=O) groups excluding carboxylic acids is 1. The van der Waals surface area contributed by atoms with Gasteiger partial charge in [0.1, 0.15) is 11.5 Å². The van der Waals surface area contributed by atoms with Crippen LogP contribution in [0.1, 0.15) is 22.5 Å². The van der Waals surface area contributed by atoms with Crippen LogP contribution in [0.4, 0.5) is 19.0 Å². The SMILES string of the molecule is Cn1nc(-c2ccccc2)cc1C(=O)NC1CCN(c2ccc(C(F)(F)F)cn2)C1. The third-order valence-electron chi connectivity index (χ3n) is 5.10. The Bertz CT molecular complexity index is 1030. The second kappa shape index (κ2) is 7.81. The molecule has 1 saturated heterocycles. The van der Waals surface area contributed by atoms with E-state index in [1.807, 2.05) is 35.2 Å². The highest BCUT2D eigenvalue weighted by Gasteiger charge is 2.32. The topological polar surface area (TPSA) is 63.1 Å².